The maximum absolute atomic E-state index is 2.41. The van der Waals surface area contributed by atoms with Gasteiger partial charge in [0.1, 0.15) is 0 Å². The maximum Gasteiger partial charge on any atom is 0.0368 e. The van der Waals surface area contributed by atoms with Crippen LogP contribution in [0, 0.1) is 6.92 Å². The second-order valence-electron chi connectivity index (χ2n) is 3.18. The summed E-state index contributed by atoms with van der Waals surface area (Å²) in [5, 5.41) is 0. The fourth-order valence-corrected chi connectivity index (χ4v) is 1.40. The highest BCUT2D eigenvalue weighted by molar-refractivity contribution is 5.49. The molecule has 13 heavy (non-hydrogen) atoms. The van der Waals surface area contributed by atoms with Crippen molar-refractivity contribution >= 4 is 5.69 Å². The Morgan fingerprint density at radius 1 is 1.15 bits per heavy atom. The molecule has 0 saturated carbocycles. The summed E-state index contributed by atoms with van der Waals surface area (Å²) in [6.07, 6.45) is 1.36. The molecule has 0 aromatic heterocycles. The monoisotopic (exact) mass is 177 g/mol. The Balaban J connectivity index is 0.000000396. The van der Waals surface area contributed by atoms with Gasteiger partial charge in [0.15, 0.2) is 0 Å². The number of nitrogens with zero attached hydrogens (tertiary/aromatic N) is 1. The van der Waals surface area contributed by atoms with Crippen LogP contribution >= 0.6 is 0 Å². The van der Waals surface area contributed by atoms with E-state index in [1.807, 2.05) is 13.8 Å². The standard InChI is InChI=1S/C10H13N.C2H6/c1-9-4-2-5-10(8-9)11-6-3-7-11;1-2/h2,4-5,8H,3,6-7H2,1H3;1-2H3. The number of hydrogen-bond acceptors (Lipinski definition) is 1. The van der Waals surface area contributed by atoms with E-state index in [-0.39, 0.29) is 0 Å². The lowest BCUT2D eigenvalue weighted by molar-refractivity contribution is 0.617. The van der Waals surface area contributed by atoms with Crippen LogP contribution in [0.2, 0.25) is 0 Å². The lowest BCUT2D eigenvalue weighted by Gasteiger charge is -2.33. The molecule has 1 heteroatoms. The molecule has 1 aromatic carbocycles. The van der Waals surface area contributed by atoms with Gasteiger partial charge in [0.2, 0.25) is 0 Å². The molecular formula is C12H19N. The van der Waals surface area contributed by atoms with Crippen molar-refractivity contribution < 1.29 is 0 Å². The minimum Gasteiger partial charge on any atom is -0.371 e. The molecule has 1 heterocycles. The first-order valence-corrected chi connectivity index (χ1v) is 5.18. The van der Waals surface area contributed by atoms with Crippen molar-refractivity contribution in [3.63, 3.8) is 0 Å². The summed E-state index contributed by atoms with van der Waals surface area (Å²) in [5.74, 6) is 0. The Labute approximate surface area is 81.4 Å². The molecule has 0 radical (unpaired) electrons. The number of benzene rings is 1. The summed E-state index contributed by atoms with van der Waals surface area (Å²) in [6.45, 7) is 8.62. The van der Waals surface area contributed by atoms with E-state index in [0.717, 1.165) is 0 Å². The summed E-state index contributed by atoms with van der Waals surface area (Å²) < 4.78 is 0. The van der Waals surface area contributed by atoms with Crippen molar-refractivity contribution in [1.29, 1.82) is 0 Å². The summed E-state index contributed by atoms with van der Waals surface area (Å²) in [4.78, 5) is 2.41. The van der Waals surface area contributed by atoms with Crippen LogP contribution in [-0.4, -0.2) is 13.1 Å². The van der Waals surface area contributed by atoms with Crippen LogP contribution in [0.5, 0.6) is 0 Å². The highest BCUT2D eigenvalue weighted by Crippen LogP contribution is 2.20. The second kappa shape index (κ2) is 4.90. The zero-order valence-corrected chi connectivity index (χ0v) is 8.88. The summed E-state index contributed by atoms with van der Waals surface area (Å²) in [5.41, 5.74) is 2.74. The SMILES string of the molecule is CC.Cc1cccc(N2CCC2)c1. The third kappa shape index (κ3) is 2.48. The lowest BCUT2D eigenvalue weighted by Crippen LogP contribution is -2.36. The summed E-state index contributed by atoms with van der Waals surface area (Å²) in [7, 11) is 0. The highest BCUT2D eigenvalue weighted by atomic mass is 15.2. The minimum absolute atomic E-state index is 1.24. The first kappa shape index (κ1) is 10.1. The maximum atomic E-state index is 2.41. The largest absolute Gasteiger partial charge is 0.371 e. The third-order valence-electron chi connectivity index (χ3n) is 2.22. The molecular weight excluding hydrogens is 158 g/mol. The number of aryl methyl sites for hydroxylation is 1. The molecule has 0 aliphatic carbocycles. The fraction of sp³-hybridized carbons (Fsp3) is 0.500. The molecule has 0 unspecified atom stereocenters. The molecule has 2 rings (SSSR count). The molecule has 0 atom stereocenters. The van der Waals surface area contributed by atoms with Gasteiger partial charge in [-0.1, -0.05) is 26.0 Å². The third-order valence-corrected chi connectivity index (χ3v) is 2.22. The van der Waals surface area contributed by atoms with E-state index < -0.39 is 0 Å². The molecule has 0 bridgehead atoms. The number of hydrogen-bond donors (Lipinski definition) is 0. The van der Waals surface area contributed by atoms with Crippen molar-refractivity contribution in [1.82, 2.24) is 0 Å². The van der Waals surface area contributed by atoms with Gasteiger partial charge < -0.3 is 4.90 Å². The Morgan fingerprint density at radius 2 is 1.85 bits per heavy atom. The zero-order chi connectivity index (χ0) is 9.68. The van der Waals surface area contributed by atoms with Crippen LogP contribution in [0.15, 0.2) is 24.3 Å². The molecule has 1 aliphatic heterocycles. The predicted octanol–water partition coefficient (Wildman–Crippen LogP) is 3.23. The first-order valence-electron chi connectivity index (χ1n) is 5.18. The van der Waals surface area contributed by atoms with Crippen molar-refractivity contribution in [2.45, 2.75) is 27.2 Å². The minimum atomic E-state index is 1.24. The van der Waals surface area contributed by atoms with E-state index in [0.29, 0.717) is 0 Å². The molecule has 1 fully saturated rings. The molecule has 0 amide bonds. The van der Waals surface area contributed by atoms with Gasteiger partial charge >= 0.3 is 0 Å². The van der Waals surface area contributed by atoms with Crippen molar-refractivity contribution in [2.24, 2.45) is 0 Å². The van der Waals surface area contributed by atoms with Gasteiger partial charge in [-0.3, -0.25) is 0 Å². The van der Waals surface area contributed by atoms with Crippen molar-refractivity contribution in [3.05, 3.63) is 29.8 Å². The van der Waals surface area contributed by atoms with Gasteiger partial charge in [0, 0.05) is 18.8 Å². The second-order valence-corrected chi connectivity index (χ2v) is 3.18. The van der Waals surface area contributed by atoms with Gasteiger partial charge in [-0.2, -0.15) is 0 Å². The first-order chi connectivity index (χ1) is 6.36. The van der Waals surface area contributed by atoms with Gasteiger partial charge in [0.25, 0.3) is 0 Å². The van der Waals surface area contributed by atoms with Crippen LogP contribution in [0.3, 0.4) is 0 Å². The van der Waals surface area contributed by atoms with E-state index in [1.54, 1.807) is 0 Å². The van der Waals surface area contributed by atoms with E-state index in [2.05, 4.69) is 36.1 Å². The van der Waals surface area contributed by atoms with Crippen molar-refractivity contribution in [3.8, 4) is 0 Å². The van der Waals surface area contributed by atoms with Gasteiger partial charge in [-0.15, -0.1) is 0 Å². The number of anilines is 1. The number of rotatable bonds is 1. The average Bonchev–Trinajstić information content (AvgIpc) is 2.05. The van der Waals surface area contributed by atoms with Crippen LogP contribution in [0.25, 0.3) is 0 Å². The summed E-state index contributed by atoms with van der Waals surface area (Å²) >= 11 is 0. The van der Waals surface area contributed by atoms with Gasteiger partial charge in [0.05, 0.1) is 0 Å². The quantitative estimate of drug-likeness (QED) is 0.636. The van der Waals surface area contributed by atoms with E-state index in [1.165, 1.54) is 30.8 Å². The Hall–Kier alpha value is -0.980. The van der Waals surface area contributed by atoms with Crippen LogP contribution in [0.4, 0.5) is 5.69 Å². The zero-order valence-electron chi connectivity index (χ0n) is 8.88. The van der Waals surface area contributed by atoms with E-state index in [4.69, 9.17) is 0 Å². The lowest BCUT2D eigenvalue weighted by atomic mass is 10.1. The smallest absolute Gasteiger partial charge is 0.0368 e. The molecule has 72 valence electrons. The normalized spacial score (nSPS) is 14.2. The van der Waals surface area contributed by atoms with Crippen molar-refractivity contribution in [2.75, 3.05) is 18.0 Å². The molecule has 1 aliphatic rings. The molecule has 1 aromatic rings. The fourth-order valence-electron chi connectivity index (χ4n) is 1.40. The average molecular weight is 177 g/mol. The molecule has 0 spiro atoms. The Morgan fingerprint density at radius 3 is 2.31 bits per heavy atom. The van der Waals surface area contributed by atoms with Crippen LogP contribution in [-0.2, 0) is 0 Å². The Bertz CT molecular complexity index is 251. The topological polar surface area (TPSA) is 3.24 Å². The van der Waals surface area contributed by atoms with Crippen LogP contribution in [0.1, 0.15) is 25.8 Å². The van der Waals surface area contributed by atoms with Crippen LogP contribution < -0.4 is 4.90 Å². The Kier molecular flexibility index (Phi) is 3.81. The van der Waals surface area contributed by atoms with Gasteiger partial charge in [-0.05, 0) is 31.0 Å². The molecule has 1 nitrogen and oxygen atoms in total. The summed E-state index contributed by atoms with van der Waals surface area (Å²) in [6, 6.07) is 8.71. The van der Waals surface area contributed by atoms with E-state index in [9.17, 15) is 0 Å². The highest BCUT2D eigenvalue weighted by Gasteiger charge is 2.13. The predicted molar refractivity (Wildman–Crippen MR) is 59.4 cm³/mol. The van der Waals surface area contributed by atoms with Gasteiger partial charge in [-0.25, -0.2) is 0 Å². The molecule has 0 N–H and O–H groups in total. The van der Waals surface area contributed by atoms with E-state index >= 15 is 0 Å². The molecule has 1 saturated heterocycles.